The van der Waals surface area contributed by atoms with E-state index in [1.807, 2.05) is 11.0 Å². The second-order valence-electron chi connectivity index (χ2n) is 6.59. The lowest BCUT2D eigenvalue weighted by Gasteiger charge is -2.38. The summed E-state index contributed by atoms with van der Waals surface area (Å²) in [5.41, 5.74) is 1.28. The van der Waals surface area contributed by atoms with E-state index in [9.17, 15) is 4.79 Å². The third-order valence-corrected chi connectivity index (χ3v) is 4.78. The van der Waals surface area contributed by atoms with Crippen molar-refractivity contribution in [1.29, 1.82) is 0 Å². The number of rotatable bonds is 6. The van der Waals surface area contributed by atoms with Crippen LogP contribution in [-0.2, 0) is 22.4 Å². The Balaban J connectivity index is 1.57. The van der Waals surface area contributed by atoms with E-state index in [4.69, 9.17) is 9.26 Å². The fraction of sp³-hybridized carbons (Fsp3) is 0.526. The fourth-order valence-electron chi connectivity index (χ4n) is 3.47. The maximum Gasteiger partial charge on any atom is 0.227 e. The molecule has 25 heavy (non-hydrogen) atoms. The predicted molar refractivity (Wildman–Crippen MR) is 93.0 cm³/mol. The summed E-state index contributed by atoms with van der Waals surface area (Å²) in [6.07, 6.45) is 2.89. The van der Waals surface area contributed by atoms with Crippen LogP contribution >= 0.6 is 0 Å². The molecule has 6 nitrogen and oxygen atoms in total. The standard InChI is InChI=1S/C19H25N3O3/c1-14-20-18(25-21-14)8-9-19(23)22-11-10-17(24-2)16(13-22)12-15-6-4-3-5-7-15/h3-7,16-17H,8-13H2,1-2H3/t16-,17-/m1/s1. The average molecular weight is 343 g/mol. The van der Waals surface area contributed by atoms with Crippen LogP contribution in [0.5, 0.6) is 0 Å². The molecule has 134 valence electrons. The predicted octanol–water partition coefficient (Wildman–Crippen LogP) is 2.42. The normalized spacial score (nSPS) is 20.6. The largest absolute Gasteiger partial charge is 0.381 e. The van der Waals surface area contributed by atoms with Gasteiger partial charge in [0.1, 0.15) is 0 Å². The van der Waals surface area contributed by atoms with Crippen molar-refractivity contribution in [3.8, 4) is 0 Å². The highest BCUT2D eigenvalue weighted by atomic mass is 16.5. The molecule has 2 heterocycles. The Kier molecular flexibility index (Phi) is 5.81. The van der Waals surface area contributed by atoms with Crippen LogP contribution in [-0.4, -0.2) is 47.3 Å². The quantitative estimate of drug-likeness (QED) is 0.806. The number of hydrogen-bond donors (Lipinski definition) is 0. The Morgan fingerprint density at radius 2 is 2.16 bits per heavy atom. The van der Waals surface area contributed by atoms with Crippen LogP contribution in [0.2, 0.25) is 0 Å². The summed E-state index contributed by atoms with van der Waals surface area (Å²) in [6, 6.07) is 10.4. The minimum Gasteiger partial charge on any atom is -0.381 e. The molecular weight excluding hydrogens is 318 g/mol. The molecule has 1 amide bonds. The van der Waals surface area contributed by atoms with Gasteiger partial charge in [0.25, 0.3) is 0 Å². The number of ether oxygens (including phenoxy) is 1. The Bertz CT molecular complexity index is 686. The van der Waals surface area contributed by atoms with Gasteiger partial charge in [0, 0.05) is 39.0 Å². The summed E-state index contributed by atoms with van der Waals surface area (Å²) in [5.74, 6) is 1.59. The summed E-state index contributed by atoms with van der Waals surface area (Å²) >= 11 is 0. The molecule has 0 aliphatic carbocycles. The molecule has 0 N–H and O–H groups in total. The summed E-state index contributed by atoms with van der Waals surface area (Å²) in [4.78, 5) is 18.7. The molecule has 0 unspecified atom stereocenters. The summed E-state index contributed by atoms with van der Waals surface area (Å²) in [5, 5.41) is 3.76. The van der Waals surface area contributed by atoms with Gasteiger partial charge in [0.2, 0.25) is 11.8 Å². The third-order valence-electron chi connectivity index (χ3n) is 4.78. The number of carbonyl (C=O) groups excluding carboxylic acids is 1. The first-order valence-corrected chi connectivity index (χ1v) is 8.79. The van der Waals surface area contributed by atoms with Crippen LogP contribution in [0.3, 0.4) is 0 Å². The first-order valence-electron chi connectivity index (χ1n) is 8.79. The Morgan fingerprint density at radius 3 is 2.84 bits per heavy atom. The van der Waals surface area contributed by atoms with E-state index in [1.54, 1.807) is 14.0 Å². The molecule has 2 aromatic rings. The molecule has 1 saturated heterocycles. The van der Waals surface area contributed by atoms with E-state index in [0.29, 0.717) is 30.5 Å². The second kappa shape index (κ2) is 8.25. The summed E-state index contributed by atoms with van der Waals surface area (Å²) in [6.45, 7) is 3.25. The molecule has 1 aliphatic heterocycles. The third kappa shape index (κ3) is 4.66. The average Bonchev–Trinajstić information content (AvgIpc) is 3.06. The second-order valence-corrected chi connectivity index (χ2v) is 6.59. The van der Waals surface area contributed by atoms with Gasteiger partial charge in [0.15, 0.2) is 5.82 Å². The zero-order valence-electron chi connectivity index (χ0n) is 14.9. The number of likely N-dealkylation sites (tertiary alicyclic amines) is 1. The molecule has 1 fully saturated rings. The number of methoxy groups -OCH3 is 1. The number of carbonyl (C=O) groups is 1. The van der Waals surface area contributed by atoms with Gasteiger partial charge in [-0.05, 0) is 25.3 Å². The zero-order chi connectivity index (χ0) is 17.6. The molecular formula is C19H25N3O3. The lowest BCUT2D eigenvalue weighted by molar-refractivity contribution is -0.135. The molecule has 3 rings (SSSR count). The Hall–Kier alpha value is -2.21. The molecule has 1 aromatic heterocycles. The fourth-order valence-corrected chi connectivity index (χ4v) is 3.47. The van der Waals surface area contributed by atoms with Gasteiger partial charge >= 0.3 is 0 Å². The summed E-state index contributed by atoms with van der Waals surface area (Å²) in [7, 11) is 1.76. The highest BCUT2D eigenvalue weighted by Gasteiger charge is 2.31. The molecule has 6 heteroatoms. The number of hydrogen-bond acceptors (Lipinski definition) is 5. The van der Waals surface area contributed by atoms with E-state index < -0.39 is 0 Å². The number of aromatic nitrogens is 2. The molecule has 0 saturated carbocycles. The molecule has 0 radical (unpaired) electrons. The van der Waals surface area contributed by atoms with Crippen LogP contribution in [0.15, 0.2) is 34.9 Å². The van der Waals surface area contributed by atoms with E-state index in [1.165, 1.54) is 5.56 Å². The van der Waals surface area contributed by atoms with Crippen molar-refractivity contribution in [2.24, 2.45) is 5.92 Å². The summed E-state index contributed by atoms with van der Waals surface area (Å²) < 4.78 is 10.7. The van der Waals surface area contributed by atoms with Crippen LogP contribution in [0.25, 0.3) is 0 Å². The van der Waals surface area contributed by atoms with Gasteiger partial charge in [-0.2, -0.15) is 4.98 Å². The van der Waals surface area contributed by atoms with Gasteiger partial charge in [-0.1, -0.05) is 35.5 Å². The highest BCUT2D eigenvalue weighted by molar-refractivity contribution is 5.76. The first kappa shape index (κ1) is 17.6. The van der Waals surface area contributed by atoms with E-state index in [0.717, 1.165) is 25.9 Å². The lowest BCUT2D eigenvalue weighted by atomic mass is 9.88. The number of amides is 1. The van der Waals surface area contributed by atoms with Gasteiger partial charge in [-0.15, -0.1) is 0 Å². The molecule has 0 bridgehead atoms. The topological polar surface area (TPSA) is 68.5 Å². The minimum absolute atomic E-state index is 0.142. The van der Waals surface area contributed by atoms with Crippen molar-refractivity contribution in [1.82, 2.24) is 15.0 Å². The minimum atomic E-state index is 0.142. The maximum absolute atomic E-state index is 12.6. The van der Waals surface area contributed by atoms with Crippen LogP contribution in [0.1, 0.15) is 30.1 Å². The number of piperidine rings is 1. The van der Waals surface area contributed by atoms with E-state index in [-0.39, 0.29) is 12.0 Å². The van der Waals surface area contributed by atoms with Gasteiger partial charge < -0.3 is 14.2 Å². The lowest BCUT2D eigenvalue weighted by Crippen LogP contribution is -2.47. The van der Waals surface area contributed by atoms with Crippen molar-refractivity contribution in [3.05, 3.63) is 47.6 Å². The highest BCUT2D eigenvalue weighted by Crippen LogP contribution is 2.24. The van der Waals surface area contributed by atoms with Crippen molar-refractivity contribution >= 4 is 5.91 Å². The van der Waals surface area contributed by atoms with E-state index in [2.05, 4.69) is 34.4 Å². The maximum atomic E-state index is 12.6. The molecule has 0 spiro atoms. The van der Waals surface area contributed by atoms with Crippen molar-refractivity contribution in [2.45, 2.75) is 38.7 Å². The first-order chi connectivity index (χ1) is 12.2. The van der Waals surface area contributed by atoms with Crippen molar-refractivity contribution in [3.63, 3.8) is 0 Å². The SMILES string of the molecule is CO[C@@H]1CCN(C(=O)CCc2nc(C)no2)C[C@H]1Cc1ccccc1. The van der Waals surface area contributed by atoms with E-state index >= 15 is 0 Å². The van der Waals surface area contributed by atoms with Gasteiger partial charge in [-0.25, -0.2) is 0 Å². The van der Waals surface area contributed by atoms with Crippen LogP contribution in [0.4, 0.5) is 0 Å². The zero-order valence-corrected chi connectivity index (χ0v) is 14.9. The van der Waals surface area contributed by atoms with Crippen LogP contribution in [0, 0.1) is 12.8 Å². The van der Waals surface area contributed by atoms with Gasteiger partial charge in [0.05, 0.1) is 6.10 Å². The number of benzene rings is 1. The number of aryl methyl sites for hydroxylation is 2. The Labute approximate surface area is 148 Å². The molecule has 2 atom stereocenters. The van der Waals surface area contributed by atoms with Crippen molar-refractivity contribution in [2.75, 3.05) is 20.2 Å². The number of nitrogens with zero attached hydrogens (tertiary/aromatic N) is 3. The Morgan fingerprint density at radius 1 is 1.36 bits per heavy atom. The van der Waals surface area contributed by atoms with Crippen LogP contribution < -0.4 is 0 Å². The molecule has 1 aliphatic rings. The van der Waals surface area contributed by atoms with Gasteiger partial charge in [-0.3, -0.25) is 4.79 Å². The monoisotopic (exact) mass is 343 g/mol. The molecule has 1 aromatic carbocycles. The smallest absolute Gasteiger partial charge is 0.227 e. The van der Waals surface area contributed by atoms with Crippen molar-refractivity contribution < 1.29 is 14.1 Å².